The van der Waals surface area contributed by atoms with Gasteiger partial charge in [-0.05, 0) is 37.1 Å². The Morgan fingerprint density at radius 2 is 2.12 bits per heavy atom. The van der Waals surface area contributed by atoms with E-state index >= 15 is 0 Å². The van der Waals surface area contributed by atoms with Gasteiger partial charge in [0.2, 0.25) is 0 Å². The molecule has 1 aromatic carbocycles. The van der Waals surface area contributed by atoms with Gasteiger partial charge in [0.15, 0.2) is 5.76 Å². The van der Waals surface area contributed by atoms with Crippen LogP contribution in [0, 0.1) is 0 Å². The third-order valence-electron chi connectivity index (χ3n) is 4.13. The molecule has 2 N–H and O–H groups in total. The first-order chi connectivity index (χ1) is 12.7. The number of likely N-dealkylation sites (tertiary alicyclic amines) is 1. The summed E-state index contributed by atoms with van der Waals surface area (Å²) in [4.78, 5) is 25.3. The number of hydrogen-bond acceptors (Lipinski definition) is 5. The number of piperidine rings is 1. The summed E-state index contributed by atoms with van der Waals surface area (Å²) < 4.78 is 11.3. The van der Waals surface area contributed by atoms with Gasteiger partial charge in [0.05, 0.1) is 12.8 Å². The summed E-state index contributed by atoms with van der Waals surface area (Å²) in [5.41, 5.74) is 2.26. The van der Waals surface area contributed by atoms with Gasteiger partial charge in [0.1, 0.15) is 11.9 Å². The van der Waals surface area contributed by atoms with E-state index in [9.17, 15) is 9.59 Å². The van der Waals surface area contributed by atoms with Crippen molar-refractivity contribution < 1.29 is 24.0 Å². The fraction of sp³-hybridized carbons (Fsp3) is 0.263. The van der Waals surface area contributed by atoms with Crippen LogP contribution in [0.3, 0.4) is 0 Å². The van der Waals surface area contributed by atoms with Crippen LogP contribution in [0.5, 0.6) is 5.75 Å². The maximum atomic E-state index is 12.4. The van der Waals surface area contributed by atoms with Crippen LogP contribution in [0.1, 0.15) is 29.0 Å². The molecule has 2 aromatic rings. The first-order valence-corrected chi connectivity index (χ1v) is 8.38. The largest absolute Gasteiger partial charge is 0.488 e. The predicted molar refractivity (Wildman–Crippen MR) is 93.7 cm³/mol. The molecule has 1 atom stereocenters. The molecule has 1 fully saturated rings. The van der Waals surface area contributed by atoms with Crippen molar-refractivity contribution in [1.29, 1.82) is 0 Å². The van der Waals surface area contributed by atoms with Gasteiger partial charge in [0.25, 0.3) is 11.8 Å². The standard InChI is InChI=1S/C19H20N2O5/c22-18(20-24)10-9-14-5-1-2-7-16(14)26-15-6-3-11-21(13-15)19(23)17-8-4-12-25-17/h1-2,4-5,7-10,12,15,24H,3,6,11,13H2,(H,20,22)/b10-9+. The average molecular weight is 356 g/mol. The highest BCUT2D eigenvalue weighted by Gasteiger charge is 2.27. The van der Waals surface area contributed by atoms with E-state index in [2.05, 4.69) is 0 Å². The monoisotopic (exact) mass is 356 g/mol. The highest BCUT2D eigenvalue weighted by molar-refractivity contribution is 5.92. The van der Waals surface area contributed by atoms with Crippen molar-refractivity contribution in [1.82, 2.24) is 10.4 Å². The van der Waals surface area contributed by atoms with E-state index in [-0.39, 0.29) is 12.0 Å². The van der Waals surface area contributed by atoms with Gasteiger partial charge in [-0.3, -0.25) is 14.8 Å². The van der Waals surface area contributed by atoms with Crippen LogP contribution in [0.2, 0.25) is 0 Å². The lowest BCUT2D eigenvalue weighted by atomic mass is 10.1. The number of para-hydroxylation sites is 1. The highest BCUT2D eigenvalue weighted by Crippen LogP contribution is 2.24. The summed E-state index contributed by atoms with van der Waals surface area (Å²) >= 11 is 0. The van der Waals surface area contributed by atoms with Gasteiger partial charge < -0.3 is 14.1 Å². The molecule has 0 radical (unpaired) electrons. The van der Waals surface area contributed by atoms with Crippen LogP contribution >= 0.6 is 0 Å². The molecule has 3 rings (SSSR count). The molecule has 1 saturated heterocycles. The molecule has 0 saturated carbocycles. The zero-order valence-electron chi connectivity index (χ0n) is 14.1. The minimum Gasteiger partial charge on any atom is -0.488 e. The molecule has 7 heteroatoms. The number of amides is 2. The zero-order chi connectivity index (χ0) is 18.4. The minimum atomic E-state index is -0.618. The molecule has 136 valence electrons. The number of carbonyl (C=O) groups is 2. The molecule has 1 unspecified atom stereocenters. The number of nitrogens with one attached hydrogen (secondary N) is 1. The Balaban J connectivity index is 1.68. The summed E-state index contributed by atoms with van der Waals surface area (Å²) in [5, 5.41) is 8.58. The first kappa shape index (κ1) is 17.8. The molecule has 0 bridgehead atoms. The van der Waals surface area contributed by atoms with Crippen molar-refractivity contribution in [3.63, 3.8) is 0 Å². The summed E-state index contributed by atoms with van der Waals surface area (Å²) in [6.45, 7) is 1.13. The van der Waals surface area contributed by atoms with Crippen LogP contribution in [0.15, 0.2) is 53.2 Å². The SMILES string of the molecule is O=C(/C=C/c1ccccc1OC1CCCN(C(=O)c2ccco2)C1)NO. The molecule has 7 nitrogen and oxygen atoms in total. The minimum absolute atomic E-state index is 0.143. The van der Waals surface area contributed by atoms with E-state index in [1.54, 1.807) is 28.6 Å². The lowest BCUT2D eigenvalue weighted by molar-refractivity contribution is -0.124. The van der Waals surface area contributed by atoms with Gasteiger partial charge in [-0.2, -0.15) is 0 Å². The normalized spacial score (nSPS) is 17.3. The summed E-state index contributed by atoms with van der Waals surface area (Å²) in [5.74, 6) is 0.180. The number of ether oxygens (including phenoxy) is 1. The third-order valence-corrected chi connectivity index (χ3v) is 4.13. The van der Waals surface area contributed by atoms with Crippen LogP contribution in [0.4, 0.5) is 0 Å². The topological polar surface area (TPSA) is 92.0 Å². The van der Waals surface area contributed by atoms with Crippen LogP contribution < -0.4 is 10.2 Å². The van der Waals surface area contributed by atoms with E-state index in [0.717, 1.165) is 12.8 Å². The molecule has 0 spiro atoms. The number of carbonyl (C=O) groups excluding carboxylic acids is 2. The number of nitrogens with zero attached hydrogens (tertiary/aromatic N) is 1. The lowest BCUT2D eigenvalue weighted by Crippen LogP contribution is -2.44. The maximum absolute atomic E-state index is 12.4. The van der Waals surface area contributed by atoms with Crippen molar-refractivity contribution in [3.05, 3.63) is 60.1 Å². The molecule has 0 aliphatic carbocycles. The Morgan fingerprint density at radius 3 is 2.88 bits per heavy atom. The van der Waals surface area contributed by atoms with Gasteiger partial charge >= 0.3 is 0 Å². The first-order valence-electron chi connectivity index (χ1n) is 8.38. The fourth-order valence-corrected chi connectivity index (χ4v) is 2.88. The van der Waals surface area contributed by atoms with Crippen LogP contribution in [-0.4, -0.2) is 41.1 Å². The van der Waals surface area contributed by atoms with Crippen LogP contribution in [0.25, 0.3) is 6.08 Å². The van der Waals surface area contributed by atoms with E-state index in [4.69, 9.17) is 14.4 Å². The number of furan rings is 1. The molecule has 2 heterocycles. The summed E-state index contributed by atoms with van der Waals surface area (Å²) in [6.07, 6.45) is 5.78. The molecule has 2 amide bonds. The molecule has 1 aliphatic rings. The van der Waals surface area contributed by atoms with Gasteiger partial charge in [0, 0.05) is 18.2 Å². The van der Waals surface area contributed by atoms with Crippen molar-refractivity contribution in [2.24, 2.45) is 0 Å². The quantitative estimate of drug-likeness (QED) is 0.488. The molecule has 1 aliphatic heterocycles. The van der Waals surface area contributed by atoms with Crippen molar-refractivity contribution in [2.45, 2.75) is 18.9 Å². The Hall–Kier alpha value is -3.06. The number of benzene rings is 1. The van der Waals surface area contributed by atoms with E-state index in [0.29, 0.717) is 30.2 Å². The Bertz CT molecular complexity index is 785. The molecular weight excluding hydrogens is 336 g/mol. The second-order valence-electron chi connectivity index (χ2n) is 5.96. The van der Waals surface area contributed by atoms with Crippen molar-refractivity contribution >= 4 is 17.9 Å². The second-order valence-corrected chi connectivity index (χ2v) is 5.96. The van der Waals surface area contributed by atoms with Gasteiger partial charge in [-0.25, -0.2) is 5.48 Å². The maximum Gasteiger partial charge on any atom is 0.289 e. The predicted octanol–water partition coefficient (Wildman–Crippen LogP) is 2.48. The van der Waals surface area contributed by atoms with Crippen LogP contribution in [-0.2, 0) is 4.79 Å². The van der Waals surface area contributed by atoms with Gasteiger partial charge in [-0.1, -0.05) is 18.2 Å². The van der Waals surface area contributed by atoms with Crippen molar-refractivity contribution in [3.8, 4) is 5.75 Å². The number of hydrogen-bond donors (Lipinski definition) is 2. The zero-order valence-corrected chi connectivity index (χ0v) is 14.1. The second kappa shape index (κ2) is 8.35. The van der Waals surface area contributed by atoms with E-state index in [1.165, 1.54) is 12.3 Å². The van der Waals surface area contributed by atoms with E-state index < -0.39 is 5.91 Å². The van der Waals surface area contributed by atoms with Crippen molar-refractivity contribution in [2.75, 3.05) is 13.1 Å². The third kappa shape index (κ3) is 4.31. The molecule has 1 aromatic heterocycles. The average Bonchev–Trinajstić information content (AvgIpc) is 3.21. The van der Waals surface area contributed by atoms with E-state index in [1.807, 2.05) is 24.3 Å². The Labute approximate surface area is 150 Å². The Morgan fingerprint density at radius 1 is 1.27 bits per heavy atom. The summed E-state index contributed by atoms with van der Waals surface area (Å²) in [7, 11) is 0. The lowest BCUT2D eigenvalue weighted by Gasteiger charge is -2.32. The molecule has 26 heavy (non-hydrogen) atoms. The number of rotatable bonds is 5. The molecular formula is C19H20N2O5. The number of hydroxylamine groups is 1. The van der Waals surface area contributed by atoms with Gasteiger partial charge in [-0.15, -0.1) is 0 Å². The highest BCUT2D eigenvalue weighted by atomic mass is 16.5. The smallest absolute Gasteiger partial charge is 0.289 e. The fourth-order valence-electron chi connectivity index (χ4n) is 2.88. The Kier molecular flexibility index (Phi) is 5.70. The summed E-state index contributed by atoms with van der Waals surface area (Å²) in [6, 6.07) is 10.6.